The molecule has 2 aromatic rings. The van der Waals surface area contributed by atoms with Crippen LogP contribution in [0.4, 0.5) is 0 Å². The van der Waals surface area contributed by atoms with Crippen molar-refractivity contribution in [2.24, 2.45) is 11.5 Å². The molecule has 0 heterocycles. The van der Waals surface area contributed by atoms with Gasteiger partial charge < -0.3 is 11.5 Å². The lowest BCUT2D eigenvalue weighted by atomic mass is 9.97. The standard InChI is InChI=1S/C14H16N2P/c15-10-11-6-8-13(9-7-11)14(16,17)12-4-2-1-3-5-12/h2-9H,10,15-17H2. The molecule has 0 spiro atoms. The van der Waals surface area contributed by atoms with Crippen molar-refractivity contribution in [1.82, 2.24) is 0 Å². The Balaban J connectivity index is 2.37. The van der Waals surface area contributed by atoms with E-state index >= 15 is 0 Å². The molecule has 2 atom stereocenters. The number of hydrogen-bond acceptors (Lipinski definition) is 2. The van der Waals surface area contributed by atoms with Crippen LogP contribution in [-0.2, 0) is 11.8 Å². The summed E-state index contributed by atoms with van der Waals surface area (Å²) in [6.07, 6.45) is 0. The predicted molar refractivity (Wildman–Crippen MR) is 74.3 cm³/mol. The average Bonchev–Trinajstić information content (AvgIpc) is 2.40. The van der Waals surface area contributed by atoms with Crippen LogP contribution < -0.4 is 11.5 Å². The van der Waals surface area contributed by atoms with Gasteiger partial charge in [0.15, 0.2) is 0 Å². The number of rotatable bonds is 3. The van der Waals surface area contributed by atoms with Crippen LogP contribution in [0.1, 0.15) is 16.7 Å². The van der Waals surface area contributed by atoms with Crippen molar-refractivity contribution in [3.63, 3.8) is 0 Å². The van der Waals surface area contributed by atoms with Crippen LogP contribution in [0.25, 0.3) is 0 Å². The molecule has 3 heteroatoms. The molecule has 0 amide bonds. The quantitative estimate of drug-likeness (QED) is 0.810. The van der Waals surface area contributed by atoms with Crippen LogP contribution in [0.2, 0.25) is 0 Å². The van der Waals surface area contributed by atoms with E-state index in [-0.39, 0.29) is 0 Å². The summed E-state index contributed by atoms with van der Waals surface area (Å²) in [4.78, 5) is 0. The lowest BCUT2D eigenvalue weighted by Crippen LogP contribution is -2.30. The SMILES string of the molecule is NCc1ccc(C(N)(P)c2cc[c]cc2)cc1. The van der Waals surface area contributed by atoms with E-state index in [2.05, 4.69) is 15.3 Å². The van der Waals surface area contributed by atoms with Crippen molar-refractivity contribution in [3.05, 3.63) is 71.3 Å². The Morgan fingerprint density at radius 3 is 2.06 bits per heavy atom. The van der Waals surface area contributed by atoms with E-state index in [0.717, 1.165) is 16.7 Å². The van der Waals surface area contributed by atoms with Crippen LogP contribution in [0, 0.1) is 6.07 Å². The first-order valence-electron chi connectivity index (χ1n) is 5.48. The highest BCUT2D eigenvalue weighted by Crippen LogP contribution is 2.33. The average molecular weight is 243 g/mol. The molecule has 0 fully saturated rings. The molecule has 17 heavy (non-hydrogen) atoms. The van der Waals surface area contributed by atoms with Crippen LogP contribution in [0.5, 0.6) is 0 Å². The summed E-state index contributed by atoms with van der Waals surface area (Å²) in [5.74, 6) is 0. The van der Waals surface area contributed by atoms with Gasteiger partial charge >= 0.3 is 0 Å². The molecule has 0 saturated heterocycles. The molecular weight excluding hydrogens is 227 g/mol. The van der Waals surface area contributed by atoms with E-state index < -0.39 is 5.28 Å². The van der Waals surface area contributed by atoms with Crippen molar-refractivity contribution in [2.75, 3.05) is 0 Å². The first-order valence-corrected chi connectivity index (χ1v) is 6.06. The lowest BCUT2D eigenvalue weighted by molar-refractivity contribution is 0.790. The zero-order valence-electron chi connectivity index (χ0n) is 9.56. The fraction of sp³-hybridized carbons (Fsp3) is 0.143. The minimum atomic E-state index is -0.567. The molecule has 4 N–H and O–H groups in total. The van der Waals surface area contributed by atoms with Gasteiger partial charge in [-0.25, -0.2) is 0 Å². The van der Waals surface area contributed by atoms with Crippen LogP contribution in [-0.4, -0.2) is 0 Å². The topological polar surface area (TPSA) is 52.0 Å². The van der Waals surface area contributed by atoms with Crippen LogP contribution in [0.15, 0.2) is 48.5 Å². The van der Waals surface area contributed by atoms with Crippen molar-refractivity contribution in [3.8, 4) is 0 Å². The van der Waals surface area contributed by atoms with Crippen molar-refractivity contribution < 1.29 is 0 Å². The van der Waals surface area contributed by atoms with E-state index in [1.165, 1.54) is 0 Å². The highest BCUT2D eigenvalue weighted by Gasteiger charge is 2.23. The third-order valence-corrected chi connectivity index (χ3v) is 3.53. The fourth-order valence-corrected chi connectivity index (χ4v) is 2.13. The molecule has 0 aliphatic heterocycles. The van der Waals surface area contributed by atoms with E-state index in [9.17, 15) is 0 Å². The molecular formula is C14H16N2P. The molecule has 0 aliphatic carbocycles. The van der Waals surface area contributed by atoms with E-state index in [1.54, 1.807) is 0 Å². The largest absolute Gasteiger partial charge is 0.326 e. The van der Waals surface area contributed by atoms with Gasteiger partial charge in [-0.05, 0) is 22.8 Å². The van der Waals surface area contributed by atoms with Gasteiger partial charge in [-0.2, -0.15) is 0 Å². The first kappa shape index (κ1) is 12.3. The molecule has 87 valence electrons. The van der Waals surface area contributed by atoms with Crippen molar-refractivity contribution in [1.29, 1.82) is 0 Å². The summed E-state index contributed by atoms with van der Waals surface area (Å²) >= 11 is 0. The van der Waals surface area contributed by atoms with E-state index in [0.29, 0.717) is 6.54 Å². The van der Waals surface area contributed by atoms with Gasteiger partial charge in [0.25, 0.3) is 0 Å². The van der Waals surface area contributed by atoms with Gasteiger partial charge in [-0.1, -0.05) is 48.5 Å². The molecule has 2 nitrogen and oxygen atoms in total. The summed E-state index contributed by atoms with van der Waals surface area (Å²) in [6.45, 7) is 0.551. The Bertz CT molecular complexity index is 477. The Morgan fingerprint density at radius 1 is 1.00 bits per heavy atom. The minimum absolute atomic E-state index is 0.551. The number of benzene rings is 2. The molecule has 0 aliphatic rings. The monoisotopic (exact) mass is 243 g/mol. The Labute approximate surface area is 104 Å². The number of hydrogen-bond donors (Lipinski definition) is 2. The third kappa shape index (κ3) is 2.55. The highest BCUT2D eigenvalue weighted by atomic mass is 31.0. The summed E-state index contributed by atoms with van der Waals surface area (Å²) in [6, 6.07) is 18.7. The third-order valence-electron chi connectivity index (χ3n) is 2.86. The highest BCUT2D eigenvalue weighted by molar-refractivity contribution is 7.18. The normalized spacial score (nSPS) is 14.3. The van der Waals surface area contributed by atoms with E-state index in [4.69, 9.17) is 11.5 Å². The van der Waals surface area contributed by atoms with Gasteiger partial charge in [0.2, 0.25) is 0 Å². The summed E-state index contributed by atoms with van der Waals surface area (Å²) < 4.78 is 0. The van der Waals surface area contributed by atoms with Crippen LogP contribution in [0.3, 0.4) is 0 Å². The Kier molecular flexibility index (Phi) is 3.58. The second-order valence-electron chi connectivity index (χ2n) is 4.06. The summed E-state index contributed by atoms with van der Waals surface area (Å²) in [5, 5.41) is -0.567. The number of nitrogens with two attached hydrogens (primary N) is 2. The van der Waals surface area contributed by atoms with Gasteiger partial charge in [0.05, 0.1) is 5.28 Å². The first-order chi connectivity index (χ1) is 8.14. The molecule has 2 rings (SSSR count). The molecule has 2 aromatic carbocycles. The molecule has 0 bridgehead atoms. The van der Waals surface area contributed by atoms with Crippen LogP contribution >= 0.6 is 9.24 Å². The Hall–Kier alpha value is -1.21. The second kappa shape index (κ2) is 4.97. The van der Waals surface area contributed by atoms with E-state index in [1.807, 2.05) is 48.5 Å². The van der Waals surface area contributed by atoms with Crippen molar-refractivity contribution in [2.45, 2.75) is 11.8 Å². The second-order valence-corrected chi connectivity index (χ2v) is 4.97. The van der Waals surface area contributed by atoms with Gasteiger partial charge in [-0.3, -0.25) is 0 Å². The van der Waals surface area contributed by atoms with Gasteiger partial charge in [0, 0.05) is 6.54 Å². The molecule has 1 radical (unpaired) electrons. The Morgan fingerprint density at radius 2 is 1.53 bits per heavy atom. The molecule has 0 aromatic heterocycles. The predicted octanol–water partition coefficient (Wildman–Crippen LogP) is 1.98. The zero-order chi connectivity index (χ0) is 12.3. The zero-order valence-corrected chi connectivity index (χ0v) is 10.7. The van der Waals surface area contributed by atoms with Crippen molar-refractivity contribution >= 4 is 9.24 Å². The fourth-order valence-electron chi connectivity index (χ4n) is 1.75. The molecule has 2 unspecified atom stereocenters. The summed E-state index contributed by atoms with van der Waals surface area (Å²) in [5.41, 5.74) is 15.1. The lowest BCUT2D eigenvalue weighted by Gasteiger charge is -2.25. The molecule has 0 saturated carbocycles. The summed E-state index contributed by atoms with van der Waals surface area (Å²) in [7, 11) is 2.71. The maximum atomic E-state index is 6.37. The smallest absolute Gasteiger partial charge is 0.0804 e. The maximum absolute atomic E-state index is 6.37. The van der Waals surface area contributed by atoms with Gasteiger partial charge in [0.1, 0.15) is 0 Å². The minimum Gasteiger partial charge on any atom is -0.326 e. The van der Waals surface area contributed by atoms with Gasteiger partial charge in [-0.15, -0.1) is 9.24 Å². The maximum Gasteiger partial charge on any atom is 0.0804 e.